The second kappa shape index (κ2) is 4.56. The van der Waals surface area contributed by atoms with Crippen LogP contribution in [0.3, 0.4) is 0 Å². The van der Waals surface area contributed by atoms with Crippen molar-refractivity contribution in [1.82, 2.24) is 15.0 Å². The summed E-state index contributed by atoms with van der Waals surface area (Å²) in [7, 11) is 0. The van der Waals surface area contributed by atoms with Gasteiger partial charge in [0.15, 0.2) is 0 Å². The Bertz CT molecular complexity index is 978. The summed E-state index contributed by atoms with van der Waals surface area (Å²) in [5.41, 5.74) is 3.36. The van der Waals surface area contributed by atoms with Crippen molar-refractivity contribution in [2.24, 2.45) is 0 Å². The lowest BCUT2D eigenvalue weighted by atomic mass is 10.0. The van der Waals surface area contributed by atoms with Gasteiger partial charge in [-0.25, -0.2) is 4.98 Å². The number of nitrogens with one attached hydrogen (secondary N) is 1. The first-order valence-corrected chi connectivity index (χ1v) is 7.22. The van der Waals surface area contributed by atoms with E-state index in [9.17, 15) is 5.11 Å². The summed E-state index contributed by atoms with van der Waals surface area (Å²) in [6, 6.07) is 9.57. The molecular formula is C16H10BrN3O. The highest BCUT2D eigenvalue weighted by molar-refractivity contribution is 9.10. The lowest BCUT2D eigenvalue weighted by molar-refractivity contribution is 0.480. The van der Waals surface area contributed by atoms with Crippen LogP contribution in [0.15, 0.2) is 53.4 Å². The molecule has 4 rings (SSSR count). The number of nitrogens with zero attached hydrogens (tertiary/aromatic N) is 2. The fourth-order valence-electron chi connectivity index (χ4n) is 2.55. The van der Waals surface area contributed by atoms with Gasteiger partial charge >= 0.3 is 0 Å². The minimum Gasteiger partial charge on any atom is -0.506 e. The van der Waals surface area contributed by atoms with E-state index in [1.54, 1.807) is 18.5 Å². The van der Waals surface area contributed by atoms with Crippen molar-refractivity contribution in [3.63, 3.8) is 0 Å². The zero-order valence-electron chi connectivity index (χ0n) is 10.8. The molecule has 0 bridgehead atoms. The number of pyridine rings is 2. The van der Waals surface area contributed by atoms with Crippen molar-refractivity contribution in [3.05, 3.63) is 53.4 Å². The van der Waals surface area contributed by atoms with Gasteiger partial charge in [-0.15, -0.1) is 0 Å². The number of phenols is 1. The molecule has 4 aromatic rings. The van der Waals surface area contributed by atoms with Crippen LogP contribution in [0.4, 0.5) is 0 Å². The highest BCUT2D eigenvalue weighted by Gasteiger charge is 2.11. The Morgan fingerprint density at radius 3 is 2.95 bits per heavy atom. The first-order valence-electron chi connectivity index (χ1n) is 6.43. The Kier molecular flexibility index (Phi) is 2.68. The Balaban J connectivity index is 2.02. The molecule has 0 spiro atoms. The van der Waals surface area contributed by atoms with Crippen LogP contribution in [0.2, 0.25) is 0 Å². The molecule has 3 aromatic heterocycles. The number of aromatic hydroxyl groups is 1. The molecule has 0 aliphatic heterocycles. The first kappa shape index (κ1) is 12.3. The summed E-state index contributed by atoms with van der Waals surface area (Å²) in [6.45, 7) is 0. The van der Waals surface area contributed by atoms with E-state index in [1.807, 2.05) is 30.5 Å². The fourth-order valence-corrected chi connectivity index (χ4v) is 2.88. The van der Waals surface area contributed by atoms with E-state index in [-0.39, 0.29) is 5.75 Å². The number of H-pyrrole nitrogens is 1. The largest absolute Gasteiger partial charge is 0.506 e. The maximum Gasteiger partial charge on any atom is 0.142 e. The molecule has 0 radical (unpaired) electrons. The number of phenolic OH excluding ortho intramolecular Hbond substituents is 1. The Morgan fingerprint density at radius 1 is 1.14 bits per heavy atom. The third-order valence-corrected chi connectivity index (χ3v) is 3.93. The topological polar surface area (TPSA) is 61.8 Å². The monoisotopic (exact) mass is 339 g/mol. The van der Waals surface area contributed by atoms with Gasteiger partial charge in [0.05, 0.1) is 0 Å². The molecule has 0 aliphatic carbocycles. The summed E-state index contributed by atoms with van der Waals surface area (Å²) in [6.07, 6.45) is 5.33. The van der Waals surface area contributed by atoms with Crippen LogP contribution in [-0.2, 0) is 0 Å². The lowest BCUT2D eigenvalue weighted by Crippen LogP contribution is -1.82. The van der Waals surface area contributed by atoms with E-state index in [0.717, 1.165) is 32.0 Å². The molecule has 0 aliphatic rings. The third-order valence-electron chi connectivity index (χ3n) is 3.49. The van der Waals surface area contributed by atoms with Crippen molar-refractivity contribution < 1.29 is 5.11 Å². The van der Waals surface area contributed by atoms with E-state index in [0.29, 0.717) is 5.52 Å². The van der Waals surface area contributed by atoms with Crippen LogP contribution >= 0.6 is 15.9 Å². The molecule has 0 fully saturated rings. The Labute approximate surface area is 128 Å². The minimum atomic E-state index is 0.181. The number of aromatic nitrogens is 3. The predicted octanol–water partition coefficient (Wildman–Crippen LogP) is 4.25. The highest BCUT2D eigenvalue weighted by atomic mass is 79.9. The van der Waals surface area contributed by atoms with Crippen LogP contribution in [0.25, 0.3) is 33.1 Å². The van der Waals surface area contributed by atoms with E-state index >= 15 is 0 Å². The van der Waals surface area contributed by atoms with Gasteiger partial charge in [-0.1, -0.05) is 6.07 Å². The number of aromatic amines is 1. The maximum atomic E-state index is 10.2. The Morgan fingerprint density at radius 2 is 2.05 bits per heavy atom. The molecule has 5 heteroatoms. The molecule has 0 atom stereocenters. The summed E-state index contributed by atoms with van der Waals surface area (Å²) in [5, 5.41) is 12.1. The molecule has 102 valence electrons. The average Bonchev–Trinajstić information content (AvgIpc) is 2.90. The number of halogens is 1. The average molecular weight is 340 g/mol. The van der Waals surface area contributed by atoms with Crippen molar-refractivity contribution in [3.8, 4) is 16.9 Å². The number of benzene rings is 1. The van der Waals surface area contributed by atoms with E-state index in [2.05, 4.69) is 30.9 Å². The summed E-state index contributed by atoms with van der Waals surface area (Å²) >= 11 is 3.44. The van der Waals surface area contributed by atoms with E-state index in [4.69, 9.17) is 0 Å². The molecule has 0 amide bonds. The van der Waals surface area contributed by atoms with Gasteiger partial charge in [0.1, 0.15) is 16.9 Å². The molecular weight excluding hydrogens is 330 g/mol. The zero-order chi connectivity index (χ0) is 14.4. The molecule has 1 aromatic carbocycles. The summed E-state index contributed by atoms with van der Waals surface area (Å²) in [4.78, 5) is 11.7. The lowest BCUT2D eigenvalue weighted by Gasteiger charge is -2.05. The van der Waals surface area contributed by atoms with Crippen LogP contribution < -0.4 is 0 Å². The molecule has 4 nitrogen and oxygen atoms in total. The van der Waals surface area contributed by atoms with Crippen LogP contribution in [0.5, 0.6) is 5.75 Å². The molecule has 0 saturated carbocycles. The third kappa shape index (κ3) is 1.97. The number of hydrogen-bond acceptors (Lipinski definition) is 3. The van der Waals surface area contributed by atoms with Gasteiger partial charge < -0.3 is 10.1 Å². The van der Waals surface area contributed by atoms with Crippen LogP contribution in [0, 0.1) is 0 Å². The van der Waals surface area contributed by atoms with Crippen molar-refractivity contribution in [2.75, 3.05) is 0 Å². The van der Waals surface area contributed by atoms with E-state index in [1.165, 1.54) is 0 Å². The van der Waals surface area contributed by atoms with Gasteiger partial charge in [-0.2, -0.15) is 0 Å². The molecule has 0 unspecified atom stereocenters. The highest BCUT2D eigenvalue weighted by Crippen LogP contribution is 2.34. The van der Waals surface area contributed by atoms with Gasteiger partial charge in [0, 0.05) is 39.4 Å². The molecule has 3 heterocycles. The van der Waals surface area contributed by atoms with Crippen molar-refractivity contribution in [2.45, 2.75) is 0 Å². The number of fused-ring (bicyclic) bond motifs is 2. The normalized spacial score (nSPS) is 11.3. The zero-order valence-corrected chi connectivity index (χ0v) is 12.4. The van der Waals surface area contributed by atoms with Gasteiger partial charge in [0.2, 0.25) is 0 Å². The first-order chi connectivity index (χ1) is 10.2. The van der Waals surface area contributed by atoms with Crippen molar-refractivity contribution in [1.29, 1.82) is 0 Å². The standard InChI is InChI=1S/C16H10BrN3O/c17-11-6-12-13(8-20-16(12)19-7-11)10-4-9-2-1-3-18-15(9)14(21)5-10/h1-8,21H,(H,19,20). The van der Waals surface area contributed by atoms with Crippen LogP contribution in [-0.4, -0.2) is 20.1 Å². The molecule has 2 N–H and O–H groups in total. The van der Waals surface area contributed by atoms with Gasteiger partial charge in [-0.3, -0.25) is 4.98 Å². The smallest absolute Gasteiger partial charge is 0.142 e. The minimum absolute atomic E-state index is 0.181. The predicted molar refractivity (Wildman–Crippen MR) is 86.2 cm³/mol. The van der Waals surface area contributed by atoms with Crippen LogP contribution in [0.1, 0.15) is 0 Å². The molecule has 0 saturated heterocycles. The fraction of sp³-hybridized carbons (Fsp3) is 0. The SMILES string of the molecule is Oc1cc(-c2c[nH]c3ncc(Br)cc23)cc2cccnc12. The van der Waals surface area contributed by atoms with Crippen molar-refractivity contribution >= 4 is 37.9 Å². The summed E-state index contributed by atoms with van der Waals surface area (Å²) in [5.74, 6) is 0.181. The second-order valence-corrected chi connectivity index (χ2v) is 5.74. The van der Waals surface area contributed by atoms with Gasteiger partial charge in [-0.05, 0) is 45.8 Å². The number of hydrogen-bond donors (Lipinski definition) is 2. The van der Waals surface area contributed by atoms with E-state index < -0.39 is 0 Å². The number of rotatable bonds is 1. The second-order valence-electron chi connectivity index (χ2n) is 4.82. The summed E-state index contributed by atoms with van der Waals surface area (Å²) < 4.78 is 0.919. The maximum absolute atomic E-state index is 10.2. The van der Waals surface area contributed by atoms with Gasteiger partial charge in [0.25, 0.3) is 0 Å². The quantitative estimate of drug-likeness (QED) is 0.545. The Hall–Kier alpha value is -2.40. The molecule has 21 heavy (non-hydrogen) atoms.